The monoisotopic (exact) mass is 458 g/mol. The Kier molecular flexibility index (Phi) is 5.19. The van der Waals surface area contributed by atoms with Gasteiger partial charge in [-0.2, -0.15) is 8.42 Å². The summed E-state index contributed by atoms with van der Waals surface area (Å²) in [5, 5.41) is 8.72. The highest BCUT2D eigenvalue weighted by molar-refractivity contribution is 7.85. The molecule has 0 amide bonds. The third-order valence-corrected chi connectivity index (χ3v) is 6.74. The van der Waals surface area contributed by atoms with E-state index in [4.69, 9.17) is 4.99 Å². The highest BCUT2D eigenvalue weighted by atomic mass is 32.2. The normalized spacial score (nSPS) is 15.4. The predicted octanol–water partition coefficient (Wildman–Crippen LogP) is 4.27. The fourth-order valence-corrected chi connectivity index (χ4v) is 5.05. The van der Waals surface area contributed by atoms with Crippen LogP contribution in [0.15, 0.2) is 82.7 Å². The molecule has 1 N–H and O–H groups in total. The molecule has 0 saturated heterocycles. The molecule has 0 radical (unpaired) electrons. The van der Waals surface area contributed by atoms with Gasteiger partial charge in [0.1, 0.15) is 11.9 Å². The van der Waals surface area contributed by atoms with Crippen molar-refractivity contribution < 1.29 is 13.0 Å². The van der Waals surface area contributed by atoms with Crippen LogP contribution in [-0.2, 0) is 16.5 Å². The van der Waals surface area contributed by atoms with Gasteiger partial charge < -0.3 is 0 Å². The number of aryl methyl sites for hydroxylation is 2. The van der Waals surface area contributed by atoms with Gasteiger partial charge in [-0.15, -0.1) is 10.2 Å². The summed E-state index contributed by atoms with van der Waals surface area (Å²) in [4.78, 5) is 4.99. The maximum atomic E-state index is 12.1. The van der Waals surface area contributed by atoms with Gasteiger partial charge in [0.15, 0.2) is 5.82 Å². The van der Waals surface area contributed by atoms with Gasteiger partial charge in [0.2, 0.25) is 0 Å². The molecule has 7 nitrogen and oxygen atoms in total. The van der Waals surface area contributed by atoms with E-state index in [-0.39, 0.29) is 11.3 Å². The van der Waals surface area contributed by atoms with Crippen molar-refractivity contribution in [1.29, 1.82) is 0 Å². The van der Waals surface area contributed by atoms with Crippen molar-refractivity contribution in [1.82, 2.24) is 14.8 Å². The number of hydrogen-bond donors (Lipinski definition) is 1. The van der Waals surface area contributed by atoms with Crippen molar-refractivity contribution in [2.75, 3.05) is 0 Å². The van der Waals surface area contributed by atoms with Gasteiger partial charge in [0, 0.05) is 17.5 Å². The van der Waals surface area contributed by atoms with Gasteiger partial charge in [0.25, 0.3) is 10.1 Å². The minimum atomic E-state index is -4.39. The maximum absolute atomic E-state index is 12.1. The van der Waals surface area contributed by atoms with Crippen LogP contribution < -0.4 is 0 Å². The molecule has 0 saturated carbocycles. The van der Waals surface area contributed by atoms with Gasteiger partial charge in [-0.3, -0.25) is 14.1 Å². The molecule has 1 unspecified atom stereocenters. The van der Waals surface area contributed by atoms with E-state index < -0.39 is 16.2 Å². The van der Waals surface area contributed by atoms with E-state index in [1.54, 1.807) is 12.1 Å². The maximum Gasteiger partial charge on any atom is 0.294 e. The minimum Gasteiger partial charge on any atom is -0.282 e. The molecular formula is C25H22N4O3S. The van der Waals surface area contributed by atoms with E-state index in [0.717, 1.165) is 28.1 Å². The second-order valence-electron chi connectivity index (χ2n) is 8.11. The molecule has 0 spiro atoms. The lowest BCUT2D eigenvalue weighted by molar-refractivity contribution is 0.481. The van der Waals surface area contributed by atoms with Crippen molar-refractivity contribution in [2.24, 2.45) is 4.99 Å². The Hall–Kier alpha value is -3.62. The average Bonchev–Trinajstić information content (AvgIpc) is 3.11. The molecular weight excluding hydrogens is 436 g/mol. The zero-order valence-corrected chi connectivity index (χ0v) is 19.0. The molecule has 2 heterocycles. The van der Waals surface area contributed by atoms with E-state index in [1.165, 1.54) is 6.07 Å². The number of aliphatic imine (C=N–C) groups is 1. The Labute approximate surface area is 192 Å². The zero-order valence-electron chi connectivity index (χ0n) is 18.2. The lowest BCUT2D eigenvalue weighted by Crippen LogP contribution is -2.11. The van der Waals surface area contributed by atoms with Gasteiger partial charge in [0.05, 0.1) is 16.3 Å². The molecule has 1 aliphatic rings. The van der Waals surface area contributed by atoms with Gasteiger partial charge in [-0.05, 0) is 31.5 Å². The molecule has 33 heavy (non-hydrogen) atoms. The third-order valence-electron chi connectivity index (χ3n) is 5.79. The highest BCUT2D eigenvalue weighted by Crippen LogP contribution is 2.34. The standard InChI is InChI=1S/C25H22N4O3S/c1-16-12-13-23(33(30,31)32)19(14-16)15-21-25-28-27-17(2)29(25)22-11-7-6-10-20(22)24(26-21)18-8-4-3-5-9-18/h3-14,21H,15H2,1-2H3,(H,30,31,32). The van der Waals surface area contributed by atoms with Crippen LogP contribution in [0.4, 0.5) is 0 Å². The number of hydrogen-bond acceptors (Lipinski definition) is 5. The highest BCUT2D eigenvalue weighted by Gasteiger charge is 2.29. The smallest absolute Gasteiger partial charge is 0.282 e. The Balaban J connectivity index is 1.75. The van der Waals surface area contributed by atoms with E-state index in [2.05, 4.69) is 10.2 Å². The van der Waals surface area contributed by atoms with Crippen molar-refractivity contribution in [3.8, 4) is 5.69 Å². The first-order chi connectivity index (χ1) is 15.8. The second-order valence-corrected chi connectivity index (χ2v) is 9.50. The fraction of sp³-hybridized carbons (Fsp3) is 0.160. The molecule has 1 aliphatic heterocycles. The van der Waals surface area contributed by atoms with Crippen LogP contribution in [0.3, 0.4) is 0 Å². The summed E-state index contributed by atoms with van der Waals surface area (Å²) in [6.07, 6.45) is 0.235. The quantitative estimate of drug-likeness (QED) is 0.461. The van der Waals surface area contributed by atoms with E-state index in [1.807, 2.05) is 73.0 Å². The fourth-order valence-electron chi connectivity index (χ4n) is 4.33. The topological polar surface area (TPSA) is 97.4 Å². The van der Waals surface area contributed by atoms with Crippen LogP contribution in [0, 0.1) is 13.8 Å². The summed E-state index contributed by atoms with van der Waals surface area (Å²) in [7, 11) is -4.39. The van der Waals surface area contributed by atoms with Crippen LogP contribution in [-0.4, -0.2) is 33.4 Å². The number of benzene rings is 3. The predicted molar refractivity (Wildman–Crippen MR) is 126 cm³/mol. The van der Waals surface area contributed by atoms with E-state index in [0.29, 0.717) is 17.2 Å². The molecule has 4 aromatic rings. The van der Waals surface area contributed by atoms with Crippen LogP contribution in [0.5, 0.6) is 0 Å². The van der Waals surface area contributed by atoms with Crippen LogP contribution in [0.25, 0.3) is 5.69 Å². The first-order valence-corrected chi connectivity index (χ1v) is 12.0. The summed E-state index contributed by atoms with van der Waals surface area (Å²) < 4.78 is 35.9. The van der Waals surface area contributed by atoms with Crippen LogP contribution >= 0.6 is 0 Å². The van der Waals surface area contributed by atoms with Crippen molar-refractivity contribution in [3.05, 3.63) is 107 Å². The van der Waals surface area contributed by atoms with Crippen LogP contribution in [0.1, 0.15) is 39.9 Å². The average molecular weight is 459 g/mol. The van der Waals surface area contributed by atoms with E-state index >= 15 is 0 Å². The molecule has 0 fully saturated rings. The van der Waals surface area contributed by atoms with Crippen molar-refractivity contribution in [2.45, 2.75) is 31.2 Å². The molecule has 166 valence electrons. The molecule has 0 bridgehead atoms. The zero-order chi connectivity index (χ0) is 23.2. The molecule has 8 heteroatoms. The van der Waals surface area contributed by atoms with Gasteiger partial charge in [-0.25, -0.2) is 0 Å². The number of fused-ring (bicyclic) bond motifs is 3. The lowest BCUT2D eigenvalue weighted by atomic mass is 10.00. The number of nitrogens with zero attached hydrogens (tertiary/aromatic N) is 4. The molecule has 5 rings (SSSR count). The summed E-state index contributed by atoms with van der Waals surface area (Å²) >= 11 is 0. The summed E-state index contributed by atoms with van der Waals surface area (Å²) in [6, 6.07) is 22.2. The van der Waals surface area contributed by atoms with Gasteiger partial charge in [-0.1, -0.05) is 66.2 Å². The Morgan fingerprint density at radius 1 is 0.939 bits per heavy atom. The summed E-state index contributed by atoms with van der Waals surface area (Å²) in [5.41, 5.74) is 4.97. The van der Waals surface area contributed by atoms with Gasteiger partial charge >= 0.3 is 0 Å². The molecule has 1 atom stereocenters. The number of aromatic nitrogens is 3. The first kappa shape index (κ1) is 21.2. The number of rotatable bonds is 4. The first-order valence-electron chi connectivity index (χ1n) is 10.5. The Morgan fingerprint density at radius 3 is 2.42 bits per heavy atom. The lowest BCUT2D eigenvalue weighted by Gasteiger charge is -2.15. The van der Waals surface area contributed by atoms with Crippen molar-refractivity contribution >= 4 is 15.8 Å². The molecule has 0 aliphatic carbocycles. The summed E-state index contributed by atoms with van der Waals surface area (Å²) in [6.45, 7) is 3.76. The van der Waals surface area contributed by atoms with E-state index in [9.17, 15) is 13.0 Å². The number of para-hydroxylation sites is 1. The molecule has 3 aromatic carbocycles. The third kappa shape index (κ3) is 3.88. The summed E-state index contributed by atoms with van der Waals surface area (Å²) in [5.74, 6) is 1.33. The SMILES string of the molecule is Cc1ccc(S(=O)(=O)O)c(CC2N=C(c3ccccc3)c3ccccc3-n3c(C)nnc32)c1. The largest absolute Gasteiger partial charge is 0.294 e. The Bertz CT molecular complexity index is 1490. The van der Waals surface area contributed by atoms with Crippen LogP contribution in [0.2, 0.25) is 0 Å². The van der Waals surface area contributed by atoms with Crippen molar-refractivity contribution in [3.63, 3.8) is 0 Å². The molecule has 1 aromatic heterocycles. The minimum absolute atomic E-state index is 0.117. The Morgan fingerprint density at radius 2 is 1.67 bits per heavy atom. The second kappa shape index (κ2) is 8.06.